The number of nitrogens with zero attached hydrogens (tertiary/aromatic N) is 2. The lowest BCUT2D eigenvalue weighted by atomic mass is 10.2. The molecule has 148 valence electrons. The van der Waals surface area contributed by atoms with E-state index in [0.717, 1.165) is 12.8 Å². The SMILES string of the molecule is COC(CO)C(O)C(O)n1cc(CNC2C=CCC2)c2c(=O)[nH]c(N)nc21. The number of aromatic nitrogens is 3. The van der Waals surface area contributed by atoms with Gasteiger partial charge in [0.15, 0.2) is 11.9 Å². The molecule has 0 spiro atoms. The number of aliphatic hydroxyl groups is 3. The van der Waals surface area contributed by atoms with Gasteiger partial charge in [-0.25, -0.2) is 0 Å². The minimum atomic E-state index is -1.49. The molecule has 3 rings (SSSR count). The second-order valence-corrected chi connectivity index (χ2v) is 6.57. The van der Waals surface area contributed by atoms with E-state index in [-0.39, 0.29) is 23.0 Å². The van der Waals surface area contributed by atoms with Crippen molar-refractivity contribution in [1.82, 2.24) is 19.9 Å². The van der Waals surface area contributed by atoms with Gasteiger partial charge in [-0.3, -0.25) is 9.78 Å². The van der Waals surface area contributed by atoms with E-state index >= 15 is 0 Å². The number of methoxy groups -OCH3 is 1. The lowest BCUT2D eigenvalue weighted by Gasteiger charge is -2.25. The van der Waals surface area contributed by atoms with Crippen LogP contribution in [0, 0.1) is 0 Å². The summed E-state index contributed by atoms with van der Waals surface area (Å²) in [4.78, 5) is 19.0. The summed E-state index contributed by atoms with van der Waals surface area (Å²) in [7, 11) is 1.32. The predicted octanol–water partition coefficient (Wildman–Crippen LogP) is -1.03. The fourth-order valence-corrected chi connectivity index (χ4v) is 3.31. The third-order valence-corrected chi connectivity index (χ3v) is 4.80. The molecule has 0 bridgehead atoms. The summed E-state index contributed by atoms with van der Waals surface area (Å²) >= 11 is 0. The van der Waals surface area contributed by atoms with Gasteiger partial charge in [0.2, 0.25) is 5.95 Å². The zero-order chi connectivity index (χ0) is 19.6. The molecule has 0 radical (unpaired) electrons. The van der Waals surface area contributed by atoms with Crippen LogP contribution in [0.15, 0.2) is 23.1 Å². The zero-order valence-corrected chi connectivity index (χ0v) is 15.0. The lowest BCUT2D eigenvalue weighted by molar-refractivity contribution is -0.115. The van der Waals surface area contributed by atoms with Crippen LogP contribution >= 0.6 is 0 Å². The molecule has 0 aliphatic heterocycles. The molecule has 10 nitrogen and oxygen atoms in total. The van der Waals surface area contributed by atoms with Crippen LogP contribution < -0.4 is 16.6 Å². The molecule has 7 N–H and O–H groups in total. The molecule has 27 heavy (non-hydrogen) atoms. The van der Waals surface area contributed by atoms with Crippen molar-refractivity contribution < 1.29 is 20.1 Å². The Labute approximate surface area is 155 Å². The van der Waals surface area contributed by atoms with E-state index in [1.807, 2.05) is 0 Å². The Morgan fingerprint density at radius 3 is 2.93 bits per heavy atom. The molecular formula is C17H25N5O5. The highest BCUT2D eigenvalue weighted by atomic mass is 16.5. The van der Waals surface area contributed by atoms with Crippen LogP contribution in [0.2, 0.25) is 0 Å². The molecule has 0 amide bonds. The van der Waals surface area contributed by atoms with Gasteiger partial charge in [0.05, 0.1) is 12.0 Å². The Balaban J connectivity index is 1.99. The van der Waals surface area contributed by atoms with Gasteiger partial charge in [-0.15, -0.1) is 0 Å². The van der Waals surface area contributed by atoms with E-state index in [1.165, 1.54) is 11.7 Å². The number of nitrogens with one attached hydrogen (secondary N) is 2. The number of ether oxygens (including phenoxy) is 1. The third kappa shape index (κ3) is 3.89. The van der Waals surface area contributed by atoms with Crippen molar-refractivity contribution in [2.75, 3.05) is 19.5 Å². The standard InChI is InChI=1S/C17H25N5O5/c1-27-11(8-23)13(24)16(26)22-7-9(6-19-10-4-2-3-5-10)12-14(22)20-17(18)21-15(12)25/h2,4,7,10-11,13,16,19,23-24,26H,3,5-6,8H2,1H3,(H3,18,20,21,25). The van der Waals surface area contributed by atoms with Crippen molar-refractivity contribution in [3.05, 3.63) is 34.3 Å². The smallest absolute Gasteiger partial charge is 0.262 e. The predicted molar refractivity (Wildman–Crippen MR) is 98.9 cm³/mol. The van der Waals surface area contributed by atoms with Gasteiger partial charge in [0, 0.05) is 25.9 Å². The van der Waals surface area contributed by atoms with Crippen LogP contribution in [0.3, 0.4) is 0 Å². The van der Waals surface area contributed by atoms with Gasteiger partial charge in [0.1, 0.15) is 12.2 Å². The van der Waals surface area contributed by atoms with Gasteiger partial charge in [0.25, 0.3) is 5.56 Å². The Kier molecular flexibility index (Phi) is 5.92. The number of aromatic amines is 1. The van der Waals surface area contributed by atoms with Crippen LogP contribution in [0.4, 0.5) is 5.95 Å². The molecule has 0 saturated carbocycles. The summed E-state index contributed by atoms with van der Waals surface area (Å²) in [6.45, 7) is -0.101. The van der Waals surface area contributed by atoms with Crippen molar-refractivity contribution >= 4 is 17.0 Å². The Bertz CT molecular complexity index is 872. The van der Waals surface area contributed by atoms with Crippen molar-refractivity contribution in [2.24, 2.45) is 0 Å². The van der Waals surface area contributed by atoms with Crippen LogP contribution in [-0.4, -0.2) is 61.8 Å². The van der Waals surface area contributed by atoms with E-state index in [9.17, 15) is 20.1 Å². The minimum Gasteiger partial charge on any atom is -0.394 e. The highest BCUT2D eigenvalue weighted by molar-refractivity contribution is 5.80. The van der Waals surface area contributed by atoms with Gasteiger partial charge >= 0.3 is 0 Å². The zero-order valence-electron chi connectivity index (χ0n) is 15.0. The second-order valence-electron chi connectivity index (χ2n) is 6.57. The van der Waals surface area contributed by atoms with Crippen molar-refractivity contribution in [3.63, 3.8) is 0 Å². The molecule has 1 aliphatic rings. The molecule has 2 heterocycles. The van der Waals surface area contributed by atoms with E-state index in [0.29, 0.717) is 12.1 Å². The largest absolute Gasteiger partial charge is 0.394 e. The maximum absolute atomic E-state index is 12.4. The highest BCUT2D eigenvalue weighted by Crippen LogP contribution is 2.24. The number of hydrogen-bond acceptors (Lipinski definition) is 8. The number of anilines is 1. The first-order valence-corrected chi connectivity index (χ1v) is 8.75. The van der Waals surface area contributed by atoms with E-state index in [2.05, 4.69) is 27.4 Å². The number of H-pyrrole nitrogens is 1. The molecule has 1 aliphatic carbocycles. The number of fused-ring (bicyclic) bond motifs is 1. The van der Waals surface area contributed by atoms with Crippen molar-refractivity contribution in [1.29, 1.82) is 0 Å². The first-order valence-electron chi connectivity index (χ1n) is 8.75. The molecule has 0 fully saturated rings. The number of rotatable bonds is 8. The first kappa shape index (κ1) is 19.5. The maximum Gasteiger partial charge on any atom is 0.262 e. The molecule has 4 atom stereocenters. The van der Waals surface area contributed by atoms with Crippen LogP contribution in [-0.2, 0) is 11.3 Å². The lowest BCUT2D eigenvalue weighted by Crippen LogP contribution is -2.38. The van der Waals surface area contributed by atoms with Crippen molar-refractivity contribution in [3.8, 4) is 0 Å². The molecule has 10 heteroatoms. The van der Waals surface area contributed by atoms with E-state index in [1.54, 1.807) is 6.20 Å². The number of aliphatic hydroxyl groups excluding tert-OH is 3. The third-order valence-electron chi connectivity index (χ3n) is 4.80. The van der Waals surface area contributed by atoms with Crippen molar-refractivity contribution in [2.45, 2.75) is 43.9 Å². The fraction of sp³-hybridized carbons (Fsp3) is 0.529. The van der Waals surface area contributed by atoms with Gasteiger partial charge in [-0.1, -0.05) is 12.2 Å². The van der Waals surface area contributed by atoms with Gasteiger partial charge in [-0.2, -0.15) is 4.98 Å². The summed E-state index contributed by atoms with van der Waals surface area (Å²) in [5.74, 6) is -0.0998. The summed E-state index contributed by atoms with van der Waals surface area (Å²) in [6.07, 6.45) is 3.78. The van der Waals surface area contributed by atoms with Gasteiger partial charge in [-0.05, 0) is 18.4 Å². The molecule has 2 aromatic heterocycles. The van der Waals surface area contributed by atoms with Crippen LogP contribution in [0.1, 0.15) is 24.6 Å². The topological polar surface area (TPSA) is 159 Å². The van der Waals surface area contributed by atoms with Crippen LogP contribution in [0.5, 0.6) is 0 Å². The Morgan fingerprint density at radius 2 is 2.30 bits per heavy atom. The number of allylic oxidation sites excluding steroid dienone is 1. The summed E-state index contributed by atoms with van der Waals surface area (Å²) in [5.41, 5.74) is 5.98. The molecule has 0 saturated heterocycles. The van der Waals surface area contributed by atoms with E-state index in [4.69, 9.17) is 10.5 Å². The average Bonchev–Trinajstić information content (AvgIpc) is 3.28. The quantitative estimate of drug-likeness (QED) is 0.318. The molecular weight excluding hydrogens is 354 g/mol. The number of hydrogen-bond donors (Lipinski definition) is 6. The summed E-state index contributed by atoms with van der Waals surface area (Å²) in [6, 6.07) is 0.215. The van der Waals surface area contributed by atoms with Crippen LogP contribution in [0.25, 0.3) is 11.0 Å². The Morgan fingerprint density at radius 1 is 1.52 bits per heavy atom. The van der Waals surface area contributed by atoms with E-state index < -0.39 is 30.6 Å². The maximum atomic E-state index is 12.4. The molecule has 0 aromatic carbocycles. The minimum absolute atomic E-state index is 0.0998. The Hall–Kier alpha value is -2.24. The monoisotopic (exact) mass is 379 g/mol. The fourth-order valence-electron chi connectivity index (χ4n) is 3.31. The van der Waals surface area contributed by atoms with Gasteiger partial charge < -0.3 is 35.7 Å². The number of nitrogen functional groups attached to an aromatic ring is 1. The summed E-state index contributed by atoms with van der Waals surface area (Å²) in [5, 5.41) is 33.8. The first-order chi connectivity index (χ1) is 13.0. The normalized spacial score (nSPS) is 20.2. The number of nitrogens with two attached hydrogens (primary N) is 1. The molecule has 2 aromatic rings. The average molecular weight is 379 g/mol. The second kappa shape index (κ2) is 8.19. The molecule has 4 unspecified atom stereocenters. The summed E-state index contributed by atoms with van der Waals surface area (Å²) < 4.78 is 6.25. The highest BCUT2D eigenvalue weighted by Gasteiger charge is 2.29.